The highest BCUT2D eigenvalue weighted by molar-refractivity contribution is 5.79. The smallest absolute Gasteiger partial charge is 0.153 e. The van der Waals surface area contributed by atoms with Crippen LogP contribution in [0.4, 0.5) is 4.39 Å². The minimum atomic E-state index is -0.794. The second-order valence-corrected chi connectivity index (χ2v) is 1.61. The molecule has 10 heavy (non-hydrogen) atoms. The standard InChI is InChI=1S/C7H7FO2/c1-5(8)3-7(4-9)6(2)10/h3-4,10H,1-2H2/b7-3-. The Morgan fingerprint density at radius 1 is 1.50 bits per heavy atom. The van der Waals surface area contributed by atoms with Crippen LogP contribution in [0.1, 0.15) is 0 Å². The molecule has 0 aliphatic heterocycles. The Morgan fingerprint density at radius 3 is 2.10 bits per heavy atom. The molecule has 54 valence electrons. The van der Waals surface area contributed by atoms with Gasteiger partial charge in [0.1, 0.15) is 11.6 Å². The number of aliphatic hydroxyl groups excluding tert-OH is 1. The summed E-state index contributed by atoms with van der Waals surface area (Å²) in [4.78, 5) is 9.99. The molecule has 1 N–H and O–H groups in total. The Labute approximate surface area is 58.0 Å². The zero-order chi connectivity index (χ0) is 8.15. The molecular weight excluding hydrogens is 135 g/mol. The van der Waals surface area contributed by atoms with Gasteiger partial charge in [0.05, 0.1) is 5.57 Å². The third-order valence-electron chi connectivity index (χ3n) is 0.772. The summed E-state index contributed by atoms with van der Waals surface area (Å²) in [7, 11) is 0. The zero-order valence-electron chi connectivity index (χ0n) is 5.30. The Hall–Kier alpha value is -1.38. The quantitative estimate of drug-likeness (QED) is 0.281. The Morgan fingerprint density at radius 2 is 2.00 bits per heavy atom. The summed E-state index contributed by atoms with van der Waals surface area (Å²) in [5, 5.41) is 8.56. The van der Waals surface area contributed by atoms with Crippen molar-refractivity contribution < 1.29 is 14.3 Å². The Balaban J connectivity index is 4.49. The van der Waals surface area contributed by atoms with E-state index < -0.39 is 11.6 Å². The van der Waals surface area contributed by atoms with Crippen molar-refractivity contribution in [2.45, 2.75) is 0 Å². The third kappa shape index (κ3) is 2.81. The highest BCUT2D eigenvalue weighted by Crippen LogP contribution is 2.04. The van der Waals surface area contributed by atoms with E-state index in [0.717, 1.165) is 6.08 Å². The van der Waals surface area contributed by atoms with Crippen molar-refractivity contribution >= 4 is 6.29 Å². The molecule has 0 bridgehead atoms. The van der Waals surface area contributed by atoms with Crippen LogP contribution in [0.5, 0.6) is 0 Å². The van der Waals surface area contributed by atoms with Crippen molar-refractivity contribution in [3.8, 4) is 0 Å². The van der Waals surface area contributed by atoms with Gasteiger partial charge in [0.25, 0.3) is 0 Å². The fraction of sp³-hybridized carbons (Fsp3) is 0. The lowest BCUT2D eigenvalue weighted by Gasteiger charge is -1.92. The minimum absolute atomic E-state index is 0.201. The van der Waals surface area contributed by atoms with Gasteiger partial charge in [-0.25, -0.2) is 4.39 Å². The molecule has 0 aliphatic carbocycles. The van der Waals surface area contributed by atoms with E-state index in [1.165, 1.54) is 0 Å². The van der Waals surface area contributed by atoms with Crippen LogP contribution < -0.4 is 0 Å². The lowest BCUT2D eigenvalue weighted by Crippen LogP contribution is -1.87. The predicted molar refractivity (Wildman–Crippen MR) is 36.2 cm³/mol. The molecule has 0 amide bonds. The molecular formula is C7H7FO2. The molecule has 0 heterocycles. The van der Waals surface area contributed by atoms with Gasteiger partial charge >= 0.3 is 0 Å². The number of hydrogen-bond acceptors (Lipinski definition) is 2. The maximum Gasteiger partial charge on any atom is 0.153 e. The minimum Gasteiger partial charge on any atom is -0.508 e. The van der Waals surface area contributed by atoms with E-state index in [9.17, 15) is 9.18 Å². The van der Waals surface area contributed by atoms with Gasteiger partial charge in [-0.05, 0) is 6.08 Å². The van der Waals surface area contributed by atoms with Gasteiger partial charge in [0.2, 0.25) is 0 Å². The fourth-order valence-electron chi connectivity index (χ4n) is 0.354. The number of rotatable bonds is 3. The van der Waals surface area contributed by atoms with Crippen LogP contribution in [-0.4, -0.2) is 11.4 Å². The van der Waals surface area contributed by atoms with Crippen LogP contribution in [0.25, 0.3) is 0 Å². The van der Waals surface area contributed by atoms with Crippen LogP contribution in [0.15, 0.2) is 36.4 Å². The zero-order valence-corrected chi connectivity index (χ0v) is 5.30. The van der Waals surface area contributed by atoms with E-state index in [4.69, 9.17) is 5.11 Å². The van der Waals surface area contributed by atoms with E-state index in [1.54, 1.807) is 0 Å². The molecule has 3 heteroatoms. The first kappa shape index (κ1) is 8.62. The number of carbonyl (C=O) groups is 1. The van der Waals surface area contributed by atoms with Crippen molar-refractivity contribution in [3.05, 3.63) is 36.4 Å². The SMILES string of the molecule is C=C(F)/C=C(/C=O)C(=C)O. The van der Waals surface area contributed by atoms with Gasteiger partial charge in [-0.15, -0.1) is 0 Å². The molecule has 0 saturated carbocycles. The van der Waals surface area contributed by atoms with Crippen molar-refractivity contribution in [2.24, 2.45) is 0 Å². The first-order valence-electron chi connectivity index (χ1n) is 2.47. The van der Waals surface area contributed by atoms with Crippen molar-refractivity contribution in [2.75, 3.05) is 0 Å². The number of aldehydes is 1. The summed E-state index contributed by atoms with van der Waals surface area (Å²) in [5.74, 6) is -1.26. The van der Waals surface area contributed by atoms with Gasteiger partial charge in [0.15, 0.2) is 6.29 Å². The molecule has 0 rings (SSSR count). The van der Waals surface area contributed by atoms with E-state index >= 15 is 0 Å². The molecule has 0 saturated heterocycles. The monoisotopic (exact) mass is 142 g/mol. The largest absolute Gasteiger partial charge is 0.508 e. The first-order chi connectivity index (χ1) is 4.57. The highest BCUT2D eigenvalue weighted by atomic mass is 19.1. The summed E-state index contributed by atoms with van der Waals surface area (Å²) in [5.41, 5.74) is -0.201. The molecule has 0 aliphatic rings. The first-order valence-corrected chi connectivity index (χ1v) is 2.47. The molecule has 0 atom stereocenters. The summed E-state index contributed by atoms with van der Waals surface area (Å²) < 4.78 is 11.9. The van der Waals surface area contributed by atoms with Gasteiger partial charge in [0, 0.05) is 0 Å². The lowest BCUT2D eigenvalue weighted by molar-refractivity contribution is -0.104. The van der Waals surface area contributed by atoms with Crippen LogP contribution in [0.2, 0.25) is 0 Å². The molecule has 0 spiro atoms. The number of aliphatic hydroxyl groups is 1. The summed E-state index contributed by atoms with van der Waals surface area (Å²) in [6.45, 7) is 5.90. The number of allylic oxidation sites excluding steroid dienone is 3. The third-order valence-corrected chi connectivity index (χ3v) is 0.772. The molecule has 0 radical (unpaired) electrons. The second kappa shape index (κ2) is 3.61. The van der Waals surface area contributed by atoms with Crippen LogP contribution >= 0.6 is 0 Å². The Kier molecular flexibility index (Phi) is 3.11. The number of halogens is 1. The summed E-state index contributed by atoms with van der Waals surface area (Å²) >= 11 is 0. The summed E-state index contributed by atoms with van der Waals surface area (Å²) in [6, 6.07) is 0. The van der Waals surface area contributed by atoms with Crippen LogP contribution in [0, 0.1) is 0 Å². The normalized spacial score (nSPS) is 10.7. The lowest BCUT2D eigenvalue weighted by atomic mass is 10.2. The Bertz CT molecular complexity index is 204. The maximum absolute atomic E-state index is 11.9. The van der Waals surface area contributed by atoms with Gasteiger partial charge in [-0.2, -0.15) is 0 Å². The molecule has 0 aromatic heterocycles. The molecule has 0 aromatic carbocycles. The van der Waals surface area contributed by atoms with Gasteiger partial charge < -0.3 is 5.11 Å². The molecule has 2 nitrogen and oxygen atoms in total. The van der Waals surface area contributed by atoms with E-state index in [2.05, 4.69) is 13.2 Å². The molecule has 0 aromatic rings. The van der Waals surface area contributed by atoms with Crippen LogP contribution in [0.3, 0.4) is 0 Å². The predicted octanol–water partition coefficient (Wildman–Crippen LogP) is 1.67. The fourth-order valence-corrected chi connectivity index (χ4v) is 0.354. The van der Waals surface area contributed by atoms with E-state index in [-0.39, 0.29) is 5.57 Å². The van der Waals surface area contributed by atoms with Crippen LogP contribution in [-0.2, 0) is 4.79 Å². The average Bonchev–Trinajstić information content (AvgIpc) is 1.81. The summed E-state index contributed by atoms with van der Waals surface area (Å²) in [6.07, 6.45) is 1.10. The number of hydrogen-bond donors (Lipinski definition) is 1. The van der Waals surface area contributed by atoms with Crippen molar-refractivity contribution in [3.63, 3.8) is 0 Å². The average molecular weight is 142 g/mol. The van der Waals surface area contributed by atoms with E-state index in [0.29, 0.717) is 6.29 Å². The molecule has 0 unspecified atom stereocenters. The second-order valence-electron chi connectivity index (χ2n) is 1.61. The molecule has 0 fully saturated rings. The van der Waals surface area contributed by atoms with Gasteiger partial charge in [-0.1, -0.05) is 13.2 Å². The van der Waals surface area contributed by atoms with Crippen molar-refractivity contribution in [1.29, 1.82) is 0 Å². The maximum atomic E-state index is 11.9. The van der Waals surface area contributed by atoms with E-state index in [1.807, 2.05) is 0 Å². The van der Waals surface area contributed by atoms with Crippen molar-refractivity contribution in [1.82, 2.24) is 0 Å². The number of carbonyl (C=O) groups excluding carboxylic acids is 1. The topological polar surface area (TPSA) is 37.3 Å². The van der Waals surface area contributed by atoms with Gasteiger partial charge in [-0.3, -0.25) is 4.79 Å². The highest BCUT2D eigenvalue weighted by Gasteiger charge is 1.97.